The zero-order chi connectivity index (χ0) is 8.85. The molecule has 0 aromatic carbocycles. The van der Waals surface area contributed by atoms with Crippen LogP contribution in [0.2, 0.25) is 0 Å². The van der Waals surface area contributed by atoms with Crippen molar-refractivity contribution in [3.63, 3.8) is 0 Å². The lowest BCUT2D eigenvalue weighted by molar-refractivity contribution is -0.134. The molecule has 1 aliphatic rings. The minimum atomic E-state index is -0.833. The minimum absolute atomic E-state index is 0.529. The Morgan fingerprint density at radius 1 is 1.36 bits per heavy atom. The number of nitrogens with one attached hydrogen (secondary N) is 1. The monoisotopic (exact) mass is 163 g/mol. The topological polar surface area (TPSA) is 89.8 Å². The van der Waals surface area contributed by atoms with Gasteiger partial charge in [-0.15, -0.1) is 0 Å². The smallest absolute Gasteiger partial charge is 0.300 e. The zero-order valence-corrected chi connectivity index (χ0v) is 6.32. The van der Waals surface area contributed by atoms with E-state index in [2.05, 4.69) is 5.32 Å². The summed E-state index contributed by atoms with van der Waals surface area (Å²) >= 11 is 0. The molecule has 0 aliphatic carbocycles. The van der Waals surface area contributed by atoms with Gasteiger partial charge in [0.05, 0.1) is 12.2 Å². The molecule has 0 aromatic heterocycles. The van der Waals surface area contributed by atoms with E-state index in [9.17, 15) is 0 Å². The lowest BCUT2D eigenvalue weighted by Crippen LogP contribution is -2.22. The minimum Gasteiger partial charge on any atom is -0.481 e. The van der Waals surface area contributed by atoms with Crippen LogP contribution >= 0.6 is 0 Å². The third-order valence-corrected chi connectivity index (χ3v) is 1.15. The highest BCUT2D eigenvalue weighted by Crippen LogP contribution is 1.96. The van der Waals surface area contributed by atoms with E-state index < -0.39 is 18.2 Å². The number of carboxylic acids is 1. The number of carboxylic acid groups (broad SMARTS) is 1. The second-order valence-electron chi connectivity index (χ2n) is 2.31. The fourth-order valence-corrected chi connectivity index (χ4v) is 0.651. The van der Waals surface area contributed by atoms with Gasteiger partial charge in [-0.2, -0.15) is 0 Å². The summed E-state index contributed by atoms with van der Waals surface area (Å²) in [6.45, 7) is 2.14. The summed E-state index contributed by atoms with van der Waals surface area (Å²) < 4.78 is 0. The Balaban J connectivity index is 0.000000218. The van der Waals surface area contributed by atoms with E-state index >= 15 is 0 Å². The normalized spacial score (nSPS) is 29.0. The van der Waals surface area contributed by atoms with Gasteiger partial charge in [0, 0.05) is 20.0 Å². The second kappa shape index (κ2) is 5.06. The highest BCUT2D eigenvalue weighted by atomic mass is 16.4. The lowest BCUT2D eigenvalue weighted by atomic mass is 10.3. The first-order valence-corrected chi connectivity index (χ1v) is 3.30. The lowest BCUT2D eigenvalue weighted by Gasteiger charge is -2.01. The molecular formula is C6H13NO4. The molecule has 0 spiro atoms. The molecular weight excluding hydrogens is 150 g/mol. The standard InChI is InChI=1S/C4H9NO2.C2H4O2/c6-3-1-5-2-4(3)7;1-2(3)4/h3-7H,1-2H2;1H3,(H,3,4)/t3-,4-;/m1./s1. The van der Waals surface area contributed by atoms with E-state index in [1.54, 1.807) is 0 Å². The molecule has 1 heterocycles. The Morgan fingerprint density at radius 2 is 1.64 bits per heavy atom. The van der Waals surface area contributed by atoms with Gasteiger partial charge >= 0.3 is 0 Å². The van der Waals surface area contributed by atoms with E-state index in [0.29, 0.717) is 13.1 Å². The molecule has 11 heavy (non-hydrogen) atoms. The molecule has 1 fully saturated rings. The average molecular weight is 163 g/mol. The number of hydrogen-bond donors (Lipinski definition) is 4. The van der Waals surface area contributed by atoms with Crippen LogP contribution < -0.4 is 5.32 Å². The molecule has 0 aromatic rings. The molecule has 0 bridgehead atoms. The highest BCUT2D eigenvalue weighted by Gasteiger charge is 2.21. The number of β-amino-alcohol motifs (C(OH)–C–C–N with tert-alkyl or cyclic N) is 2. The summed E-state index contributed by atoms with van der Waals surface area (Å²) in [6.07, 6.45) is -1.08. The summed E-state index contributed by atoms with van der Waals surface area (Å²) in [5.41, 5.74) is 0. The Labute approximate surface area is 64.7 Å². The molecule has 0 amide bonds. The van der Waals surface area contributed by atoms with E-state index in [4.69, 9.17) is 20.1 Å². The fraction of sp³-hybridized carbons (Fsp3) is 0.833. The molecule has 4 N–H and O–H groups in total. The fourth-order valence-electron chi connectivity index (χ4n) is 0.651. The predicted molar refractivity (Wildman–Crippen MR) is 38.2 cm³/mol. The van der Waals surface area contributed by atoms with Crippen LogP contribution in [0.15, 0.2) is 0 Å². The number of aliphatic carboxylic acids is 1. The van der Waals surface area contributed by atoms with Crippen LogP contribution in [0.25, 0.3) is 0 Å². The second-order valence-corrected chi connectivity index (χ2v) is 2.31. The largest absolute Gasteiger partial charge is 0.481 e. The Bertz CT molecular complexity index is 116. The van der Waals surface area contributed by atoms with Crippen LogP contribution in [0, 0.1) is 0 Å². The van der Waals surface area contributed by atoms with Crippen molar-refractivity contribution < 1.29 is 20.1 Å². The Kier molecular flexibility index (Phi) is 4.76. The molecule has 2 atom stereocenters. The molecule has 5 heteroatoms. The maximum Gasteiger partial charge on any atom is 0.300 e. The van der Waals surface area contributed by atoms with E-state index in [0.717, 1.165) is 6.92 Å². The van der Waals surface area contributed by atoms with Crippen LogP contribution in [0.4, 0.5) is 0 Å². The number of aliphatic hydroxyl groups excluding tert-OH is 2. The van der Waals surface area contributed by atoms with Crippen molar-refractivity contribution in [3.05, 3.63) is 0 Å². The predicted octanol–water partition coefficient (Wildman–Crippen LogP) is -1.60. The summed E-state index contributed by atoms with van der Waals surface area (Å²) in [6, 6.07) is 0. The van der Waals surface area contributed by atoms with Crippen LogP contribution in [0.5, 0.6) is 0 Å². The summed E-state index contributed by atoms with van der Waals surface area (Å²) in [5.74, 6) is -0.833. The Morgan fingerprint density at radius 3 is 1.73 bits per heavy atom. The van der Waals surface area contributed by atoms with Gasteiger partial charge in [-0.25, -0.2) is 0 Å². The van der Waals surface area contributed by atoms with Crippen LogP contribution in [-0.4, -0.2) is 46.6 Å². The number of rotatable bonds is 0. The van der Waals surface area contributed by atoms with Gasteiger partial charge in [0.1, 0.15) is 0 Å². The van der Waals surface area contributed by atoms with Crippen LogP contribution in [0.1, 0.15) is 6.92 Å². The Hall–Kier alpha value is -0.650. The van der Waals surface area contributed by atoms with Gasteiger partial charge in [-0.1, -0.05) is 0 Å². The summed E-state index contributed by atoms with van der Waals surface area (Å²) in [5, 5.41) is 27.6. The third kappa shape index (κ3) is 5.78. The van der Waals surface area contributed by atoms with Crippen LogP contribution in [-0.2, 0) is 4.79 Å². The molecule has 0 unspecified atom stereocenters. The van der Waals surface area contributed by atoms with E-state index in [1.807, 2.05) is 0 Å². The van der Waals surface area contributed by atoms with Gasteiger partial charge in [0.15, 0.2) is 0 Å². The molecule has 1 aliphatic heterocycles. The first-order valence-electron chi connectivity index (χ1n) is 3.30. The number of carbonyl (C=O) groups is 1. The maximum absolute atomic E-state index is 9.00. The van der Waals surface area contributed by atoms with Crippen molar-refractivity contribution in [3.8, 4) is 0 Å². The van der Waals surface area contributed by atoms with Crippen molar-refractivity contribution in [2.75, 3.05) is 13.1 Å². The quantitative estimate of drug-likeness (QED) is 0.345. The van der Waals surface area contributed by atoms with Crippen molar-refractivity contribution in [2.45, 2.75) is 19.1 Å². The van der Waals surface area contributed by atoms with E-state index in [1.165, 1.54) is 0 Å². The van der Waals surface area contributed by atoms with Crippen molar-refractivity contribution in [2.24, 2.45) is 0 Å². The molecule has 0 saturated carbocycles. The van der Waals surface area contributed by atoms with Crippen LogP contribution in [0.3, 0.4) is 0 Å². The maximum atomic E-state index is 9.00. The van der Waals surface area contributed by atoms with Gasteiger partial charge in [-0.05, 0) is 0 Å². The van der Waals surface area contributed by atoms with Gasteiger partial charge in [0.2, 0.25) is 0 Å². The first-order chi connectivity index (χ1) is 5.04. The zero-order valence-electron chi connectivity index (χ0n) is 6.32. The SMILES string of the molecule is CC(=O)O.O[C@@H]1CNC[C@H]1O. The van der Waals surface area contributed by atoms with Gasteiger partial charge in [0.25, 0.3) is 5.97 Å². The average Bonchev–Trinajstić information content (AvgIpc) is 2.15. The van der Waals surface area contributed by atoms with Crippen molar-refractivity contribution in [1.82, 2.24) is 5.32 Å². The highest BCUT2D eigenvalue weighted by molar-refractivity contribution is 5.62. The molecule has 66 valence electrons. The molecule has 5 nitrogen and oxygen atoms in total. The van der Waals surface area contributed by atoms with E-state index in [-0.39, 0.29) is 0 Å². The van der Waals surface area contributed by atoms with Gasteiger partial charge < -0.3 is 20.6 Å². The van der Waals surface area contributed by atoms with Crippen molar-refractivity contribution in [1.29, 1.82) is 0 Å². The molecule has 1 rings (SSSR count). The van der Waals surface area contributed by atoms with Gasteiger partial charge in [-0.3, -0.25) is 4.79 Å². The summed E-state index contributed by atoms with van der Waals surface area (Å²) in [4.78, 5) is 9.00. The van der Waals surface area contributed by atoms with Crippen molar-refractivity contribution >= 4 is 5.97 Å². The summed E-state index contributed by atoms with van der Waals surface area (Å²) in [7, 11) is 0. The molecule has 1 saturated heterocycles. The number of hydrogen-bond acceptors (Lipinski definition) is 4. The number of aliphatic hydroxyl groups is 2. The first kappa shape index (κ1) is 10.3. The molecule has 0 radical (unpaired) electrons. The third-order valence-electron chi connectivity index (χ3n) is 1.15.